The number of Topliss-reactive ketones (excluding diaryl/α,β-unsaturated/α-hetero) is 1. The van der Waals surface area contributed by atoms with Crippen molar-refractivity contribution < 1.29 is 18.0 Å². The van der Waals surface area contributed by atoms with E-state index < -0.39 is 18.4 Å². The molecule has 0 aromatic heterocycles. The fourth-order valence-corrected chi connectivity index (χ4v) is 0.232. The van der Waals surface area contributed by atoms with Crippen LogP contribution in [-0.4, -0.2) is 12.0 Å². The van der Waals surface area contributed by atoms with E-state index in [-0.39, 0.29) is 0 Å². The van der Waals surface area contributed by atoms with Gasteiger partial charge in [0.2, 0.25) is 5.78 Å². The highest BCUT2D eigenvalue weighted by atomic mass is 19.4. The van der Waals surface area contributed by atoms with Crippen LogP contribution in [0.25, 0.3) is 0 Å². The van der Waals surface area contributed by atoms with Crippen LogP contribution >= 0.6 is 0 Å². The van der Waals surface area contributed by atoms with Crippen molar-refractivity contribution in [1.82, 2.24) is 0 Å². The molecule has 0 bridgehead atoms. The lowest BCUT2D eigenvalue weighted by Gasteiger charge is -1.99. The predicted molar refractivity (Wildman–Crippen MR) is 27.6 cm³/mol. The Labute approximate surface area is 55.2 Å². The van der Waals surface area contributed by atoms with Crippen molar-refractivity contribution in [2.45, 2.75) is 12.6 Å². The van der Waals surface area contributed by atoms with Gasteiger partial charge < -0.3 is 5.73 Å². The monoisotopic (exact) mass is 151 g/mol. The van der Waals surface area contributed by atoms with Gasteiger partial charge in [-0.1, -0.05) is 5.92 Å². The quantitative estimate of drug-likeness (QED) is 0.436. The van der Waals surface area contributed by atoms with Gasteiger partial charge in [-0.25, -0.2) is 0 Å². The maximum Gasteiger partial charge on any atom is 0.451 e. The number of hydrogen-bond donors (Lipinski definition) is 1. The molecule has 10 heavy (non-hydrogen) atoms. The van der Waals surface area contributed by atoms with Crippen molar-refractivity contribution in [3.8, 4) is 12.0 Å². The van der Waals surface area contributed by atoms with Gasteiger partial charge in [0.25, 0.3) is 0 Å². The molecule has 0 amide bonds. The zero-order valence-corrected chi connectivity index (χ0v) is 4.83. The van der Waals surface area contributed by atoms with E-state index in [9.17, 15) is 18.0 Å². The Bertz CT molecular complexity index is 185. The summed E-state index contributed by atoms with van der Waals surface area (Å²) in [6.07, 6.45) is -5.65. The number of carbonyl (C=O) groups excluding carboxylic acids is 1. The van der Waals surface area contributed by atoms with Gasteiger partial charge in [-0.15, -0.1) is 0 Å². The van der Waals surface area contributed by atoms with Crippen molar-refractivity contribution >= 4 is 5.78 Å². The first-order valence-electron chi connectivity index (χ1n) is 2.27. The zero-order chi connectivity index (χ0) is 8.20. The lowest BCUT2D eigenvalue weighted by Crippen LogP contribution is -2.21. The highest BCUT2D eigenvalue weighted by Gasteiger charge is 2.36. The van der Waals surface area contributed by atoms with E-state index >= 15 is 0 Å². The maximum absolute atomic E-state index is 11.3. The topological polar surface area (TPSA) is 43.1 Å². The van der Waals surface area contributed by atoms with E-state index in [1.54, 1.807) is 6.04 Å². The van der Waals surface area contributed by atoms with Crippen LogP contribution < -0.4 is 5.73 Å². The molecular weight excluding hydrogens is 147 g/mol. The molecule has 2 nitrogen and oxygen atoms in total. The average molecular weight is 151 g/mol. The Kier molecular flexibility index (Phi) is 2.74. The first-order chi connectivity index (χ1) is 4.48. The summed E-state index contributed by atoms with van der Waals surface area (Å²) in [5, 5.41) is 0. The molecule has 56 valence electrons. The largest absolute Gasteiger partial charge is 0.451 e. The molecule has 0 rings (SSSR count). The van der Waals surface area contributed by atoms with Crippen LogP contribution in [0.4, 0.5) is 13.2 Å². The highest BCUT2D eigenvalue weighted by molar-refractivity contribution is 5.85. The predicted octanol–water partition coefficient (Wildman–Crippen LogP) is 0.428. The first-order valence-corrected chi connectivity index (χ1v) is 2.27. The Morgan fingerprint density at radius 3 is 2.30 bits per heavy atom. The Balaban J connectivity index is 3.95. The molecule has 0 unspecified atom stereocenters. The average Bonchev–Trinajstić information content (AvgIpc) is 1.80. The van der Waals surface area contributed by atoms with Crippen LogP contribution in [0.3, 0.4) is 0 Å². The minimum atomic E-state index is -4.79. The molecule has 0 fully saturated rings. The van der Waals surface area contributed by atoms with Gasteiger partial charge in [-0.05, 0) is 0 Å². The SMILES string of the molecule is NC#CCC(=O)C(F)(F)F. The normalized spacial score (nSPS) is 9.90. The molecule has 0 aliphatic carbocycles. The summed E-state index contributed by atoms with van der Waals surface area (Å²) in [6, 6.07) is 1.70. The molecule has 5 heteroatoms. The Hall–Kier alpha value is -1.18. The van der Waals surface area contributed by atoms with Gasteiger partial charge in [-0.3, -0.25) is 4.79 Å². The van der Waals surface area contributed by atoms with Crippen molar-refractivity contribution in [3.05, 3.63) is 0 Å². The molecule has 0 spiro atoms. The molecule has 2 N–H and O–H groups in total. The standard InChI is InChI=1S/C5H4F3NO/c6-5(7,8)4(10)2-1-3-9/h2,9H2. The van der Waals surface area contributed by atoms with Gasteiger partial charge in [0, 0.05) is 6.04 Å². The highest BCUT2D eigenvalue weighted by Crippen LogP contribution is 2.16. The summed E-state index contributed by atoms with van der Waals surface area (Å²) in [6.45, 7) is 0. The molecular formula is C5H4F3NO. The third-order valence-corrected chi connectivity index (χ3v) is 0.667. The molecule has 0 heterocycles. The van der Waals surface area contributed by atoms with Crippen molar-refractivity contribution in [2.75, 3.05) is 0 Å². The molecule has 0 aromatic carbocycles. The fourth-order valence-electron chi connectivity index (χ4n) is 0.232. The van der Waals surface area contributed by atoms with Gasteiger partial charge in [-0.2, -0.15) is 13.2 Å². The van der Waals surface area contributed by atoms with Crippen molar-refractivity contribution in [3.63, 3.8) is 0 Å². The number of alkyl halides is 3. The van der Waals surface area contributed by atoms with Crippen molar-refractivity contribution in [2.24, 2.45) is 5.73 Å². The van der Waals surface area contributed by atoms with E-state index in [1.165, 1.54) is 0 Å². The number of halogens is 3. The van der Waals surface area contributed by atoms with Crippen LogP contribution in [0.2, 0.25) is 0 Å². The van der Waals surface area contributed by atoms with Gasteiger partial charge in [0.05, 0.1) is 6.42 Å². The number of hydrogen-bond acceptors (Lipinski definition) is 2. The summed E-state index contributed by atoms with van der Waals surface area (Å²) in [4.78, 5) is 9.94. The van der Waals surface area contributed by atoms with E-state index in [4.69, 9.17) is 0 Å². The van der Waals surface area contributed by atoms with Crippen molar-refractivity contribution in [1.29, 1.82) is 0 Å². The second kappa shape index (κ2) is 3.11. The summed E-state index contributed by atoms with van der Waals surface area (Å²) in [7, 11) is 0. The molecule has 0 aliphatic heterocycles. The minimum Gasteiger partial charge on any atom is -0.359 e. The minimum absolute atomic E-state index is 0.861. The van der Waals surface area contributed by atoms with Gasteiger partial charge in [0.1, 0.15) is 0 Å². The second-order valence-corrected chi connectivity index (χ2v) is 1.42. The van der Waals surface area contributed by atoms with Crippen LogP contribution in [0.15, 0.2) is 0 Å². The fraction of sp³-hybridized carbons (Fsp3) is 0.400. The summed E-state index contributed by atoms with van der Waals surface area (Å²) >= 11 is 0. The molecule has 0 aliphatic rings. The number of nitrogens with two attached hydrogens (primary N) is 1. The first kappa shape index (κ1) is 8.82. The van der Waals surface area contributed by atoms with Crippen LogP contribution in [0.5, 0.6) is 0 Å². The number of ketones is 1. The van der Waals surface area contributed by atoms with E-state index in [0.717, 1.165) is 0 Å². The molecule has 0 atom stereocenters. The zero-order valence-electron chi connectivity index (χ0n) is 4.83. The van der Waals surface area contributed by atoms with E-state index in [1.807, 2.05) is 5.92 Å². The smallest absolute Gasteiger partial charge is 0.359 e. The second-order valence-electron chi connectivity index (χ2n) is 1.42. The number of rotatable bonds is 1. The molecule has 0 radical (unpaired) electrons. The van der Waals surface area contributed by atoms with Gasteiger partial charge in [0.15, 0.2) is 0 Å². The number of carbonyl (C=O) groups is 1. The third-order valence-electron chi connectivity index (χ3n) is 0.667. The summed E-state index contributed by atoms with van der Waals surface area (Å²) in [5.74, 6) is -0.0572. The summed E-state index contributed by atoms with van der Waals surface area (Å²) < 4.78 is 33.9. The maximum atomic E-state index is 11.3. The molecule has 0 aromatic rings. The molecule has 0 saturated heterocycles. The van der Waals surface area contributed by atoms with Crippen LogP contribution in [-0.2, 0) is 4.79 Å². The van der Waals surface area contributed by atoms with Crippen LogP contribution in [0, 0.1) is 12.0 Å². The summed E-state index contributed by atoms with van der Waals surface area (Å²) in [5.41, 5.74) is 4.54. The lowest BCUT2D eigenvalue weighted by molar-refractivity contribution is -0.169. The Morgan fingerprint density at radius 2 is 2.00 bits per heavy atom. The van der Waals surface area contributed by atoms with E-state index in [0.29, 0.717) is 0 Å². The van der Waals surface area contributed by atoms with Crippen LogP contribution in [0.1, 0.15) is 6.42 Å². The van der Waals surface area contributed by atoms with Gasteiger partial charge >= 0.3 is 6.18 Å². The lowest BCUT2D eigenvalue weighted by atomic mass is 10.3. The Morgan fingerprint density at radius 1 is 1.50 bits per heavy atom. The third kappa shape index (κ3) is 2.97. The molecule has 0 saturated carbocycles. The van der Waals surface area contributed by atoms with E-state index in [2.05, 4.69) is 5.73 Å².